The molecule has 1 amide bonds. The van der Waals surface area contributed by atoms with Gasteiger partial charge in [-0.15, -0.1) is 0 Å². The topological polar surface area (TPSA) is 76.0 Å². The van der Waals surface area contributed by atoms with E-state index in [2.05, 4.69) is 61.0 Å². The summed E-state index contributed by atoms with van der Waals surface area (Å²) in [6.45, 7) is 11.6. The van der Waals surface area contributed by atoms with Crippen molar-refractivity contribution in [2.45, 2.75) is 83.6 Å². The minimum Gasteiger partial charge on any atom is -0.508 e. The molecule has 36 heavy (non-hydrogen) atoms. The number of benzene rings is 2. The van der Waals surface area contributed by atoms with Crippen LogP contribution in [0, 0.1) is 0 Å². The number of phenols is 2. The fraction of sp³-hybridized carbons (Fsp3) is 0.567. The summed E-state index contributed by atoms with van der Waals surface area (Å²) in [6, 6.07) is 11.2. The summed E-state index contributed by atoms with van der Waals surface area (Å²) in [5, 5.41) is 23.2. The Labute approximate surface area is 216 Å². The van der Waals surface area contributed by atoms with Crippen molar-refractivity contribution >= 4 is 11.6 Å². The number of nitrogens with zero attached hydrogens (tertiary/aromatic N) is 2. The molecule has 2 fully saturated rings. The molecule has 1 aliphatic carbocycles. The van der Waals surface area contributed by atoms with Crippen LogP contribution in [0.1, 0.15) is 88.3 Å². The number of hydrogen-bond acceptors (Lipinski definition) is 5. The van der Waals surface area contributed by atoms with Crippen LogP contribution in [-0.4, -0.2) is 57.8 Å². The predicted molar refractivity (Wildman–Crippen MR) is 146 cm³/mol. The van der Waals surface area contributed by atoms with Gasteiger partial charge in [0, 0.05) is 30.4 Å². The van der Waals surface area contributed by atoms with E-state index in [4.69, 9.17) is 0 Å². The molecule has 1 saturated heterocycles. The minimum atomic E-state index is 0.0500. The summed E-state index contributed by atoms with van der Waals surface area (Å²) in [6.07, 6.45) is 6.74. The molecule has 0 bridgehead atoms. The van der Waals surface area contributed by atoms with E-state index in [1.165, 1.54) is 36.5 Å². The predicted octanol–water partition coefficient (Wildman–Crippen LogP) is 5.80. The molecule has 0 aromatic heterocycles. The van der Waals surface area contributed by atoms with Crippen molar-refractivity contribution in [1.29, 1.82) is 0 Å². The zero-order valence-corrected chi connectivity index (χ0v) is 22.4. The van der Waals surface area contributed by atoms with Gasteiger partial charge in [0.25, 0.3) is 0 Å². The van der Waals surface area contributed by atoms with Crippen LogP contribution in [0.15, 0.2) is 36.4 Å². The van der Waals surface area contributed by atoms with Crippen LogP contribution in [0.4, 0.5) is 5.69 Å². The molecule has 196 valence electrons. The normalized spacial score (nSPS) is 18.4. The monoisotopic (exact) mass is 493 g/mol. The van der Waals surface area contributed by atoms with Crippen molar-refractivity contribution < 1.29 is 15.0 Å². The van der Waals surface area contributed by atoms with E-state index in [0.717, 1.165) is 43.9 Å². The van der Waals surface area contributed by atoms with Crippen molar-refractivity contribution in [1.82, 2.24) is 9.80 Å². The second kappa shape index (κ2) is 11.2. The van der Waals surface area contributed by atoms with E-state index in [1.54, 1.807) is 12.1 Å². The van der Waals surface area contributed by atoms with Crippen LogP contribution in [-0.2, 0) is 11.2 Å². The molecule has 3 N–H and O–H groups in total. The molecule has 0 atom stereocenters. The van der Waals surface area contributed by atoms with E-state index < -0.39 is 0 Å². The van der Waals surface area contributed by atoms with E-state index in [1.807, 2.05) is 0 Å². The summed E-state index contributed by atoms with van der Waals surface area (Å²) in [5.74, 6) is 0.950. The van der Waals surface area contributed by atoms with Gasteiger partial charge < -0.3 is 15.5 Å². The van der Waals surface area contributed by atoms with Gasteiger partial charge in [0.2, 0.25) is 5.91 Å². The fourth-order valence-electron chi connectivity index (χ4n) is 6.15. The summed E-state index contributed by atoms with van der Waals surface area (Å²) >= 11 is 0. The molecule has 6 nitrogen and oxygen atoms in total. The second-order valence-electron chi connectivity index (χ2n) is 11.4. The average molecular weight is 494 g/mol. The Balaban J connectivity index is 1.46. The van der Waals surface area contributed by atoms with Crippen LogP contribution in [0.5, 0.6) is 11.5 Å². The van der Waals surface area contributed by atoms with Crippen LogP contribution in [0.2, 0.25) is 0 Å². The number of rotatable bonds is 8. The number of phenolic OH excluding ortho intramolecular Hbond substituents is 2. The van der Waals surface area contributed by atoms with Gasteiger partial charge in [0.15, 0.2) is 0 Å². The van der Waals surface area contributed by atoms with Gasteiger partial charge in [-0.3, -0.25) is 14.6 Å². The Kier molecular flexibility index (Phi) is 8.26. The molecule has 0 unspecified atom stereocenters. The lowest BCUT2D eigenvalue weighted by atomic mass is 9.81. The molecule has 1 aliphatic heterocycles. The first-order chi connectivity index (χ1) is 17.2. The Morgan fingerprint density at radius 3 is 2.28 bits per heavy atom. The van der Waals surface area contributed by atoms with Gasteiger partial charge in [-0.1, -0.05) is 71.2 Å². The van der Waals surface area contributed by atoms with Gasteiger partial charge in [-0.05, 0) is 53.9 Å². The number of hydrogen-bond donors (Lipinski definition) is 3. The lowest BCUT2D eigenvalue weighted by molar-refractivity contribution is -0.117. The van der Waals surface area contributed by atoms with Gasteiger partial charge in [0.05, 0.1) is 13.2 Å². The van der Waals surface area contributed by atoms with E-state index in [9.17, 15) is 15.0 Å². The second-order valence-corrected chi connectivity index (χ2v) is 11.4. The standard InChI is InChI=1S/C30H43N3O3/c1-21(2)25-9-8-10-26(22(3)4)29(25)31-28(36)18-32-19-30(14-6-5-7-15-30)33(20-32)16-13-23-11-12-24(34)17-27(23)35/h8-12,17,21-22,34-35H,5-7,13-16,18-20H2,1-4H3,(H,31,36). The van der Waals surface area contributed by atoms with Crippen molar-refractivity contribution in [3.8, 4) is 11.5 Å². The number of para-hydroxylation sites is 1. The van der Waals surface area contributed by atoms with Crippen LogP contribution in [0.3, 0.4) is 0 Å². The summed E-state index contributed by atoms with van der Waals surface area (Å²) in [7, 11) is 0. The van der Waals surface area contributed by atoms with E-state index in [0.29, 0.717) is 24.8 Å². The first-order valence-electron chi connectivity index (χ1n) is 13.6. The number of carbonyl (C=O) groups is 1. The Hall–Kier alpha value is -2.57. The fourth-order valence-corrected chi connectivity index (χ4v) is 6.15. The highest BCUT2D eigenvalue weighted by Gasteiger charge is 2.45. The molecule has 1 heterocycles. The maximum Gasteiger partial charge on any atom is 0.238 e. The maximum atomic E-state index is 13.3. The lowest BCUT2D eigenvalue weighted by Crippen LogP contribution is -2.48. The molecule has 6 heteroatoms. The molecule has 4 rings (SSSR count). The van der Waals surface area contributed by atoms with Crippen molar-refractivity contribution in [2.24, 2.45) is 0 Å². The average Bonchev–Trinajstić information content (AvgIpc) is 3.14. The number of amides is 1. The van der Waals surface area contributed by atoms with E-state index in [-0.39, 0.29) is 22.9 Å². The van der Waals surface area contributed by atoms with Crippen LogP contribution in [0.25, 0.3) is 0 Å². The third kappa shape index (κ3) is 5.87. The number of carbonyl (C=O) groups excluding carboxylic acids is 1. The first-order valence-corrected chi connectivity index (χ1v) is 13.6. The van der Waals surface area contributed by atoms with Crippen molar-refractivity contribution in [3.05, 3.63) is 53.1 Å². The van der Waals surface area contributed by atoms with Gasteiger partial charge in [-0.25, -0.2) is 0 Å². The smallest absolute Gasteiger partial charge is 0.238 e. The zero-order valence-electron chi connectivity index (χ0n) is 22.4. The molecule has 1 saturated carbocycles. The first kappa shape index (κ1) is 26.5. The van der Waals surface area contributed by atoms with Gasteiger partial charge in [0.1, 0.15) is 11.5 Å². The minimum absolute atomic E-state index is 0.0500. The zero-order chi connectivity index (χ0) is 25.9. The highest BCUT2D eigenvalue weighted by Crippen LogP contribution is 2.39. The molecule has 1 spiro atoms. The molecule has 2 aromatic carbocycles. The summed E-state index contributed by atoms with van der Waals surface area (Å²) in [5.41, 5.74) is 4.31. The van der Waals surface area contributed by atoms with Crippen molar-refractivity contribution in [2.75, 3.05) is 31.6 Å². The molecule has 2 aromatic rings. The molecular weight excluding hydrogens is 450 g/mol. The largest absolute Gasteiger partial charge is 0.508 e. The number of nitrogens with one attached hydrogen (secondary N) is 1. The molecule has 0 radical (unpaired) electrons. The maximum absolute atomic E-state index is 13.3. The van der Waals surface area contributed by atoms with Gasteiger partial charge in [-0.2, -0.15) is 0 Å². The third-order valence-corrected chi connectivity index (χ3v) is 8.07. The number of aromatic hydroxyl groups is 2. The lowest BCUT2D eigenvalue weighted by Gasteiger charge is -2.40. The number of anilines is 1. The van der Waals surface area contributed by atoms with Crippen molar-refractivity contribution in [3.63, 3.8) is 0 Å². The SMILES string of the molecule is CC(C)c1cccc(C(C)C)c1NC(=O)CN1CN(CCc2ccc(O)cc2O)C2(CCCCC2)C1. The highest BCUT2D eigenvalue weighted by atomic mass is 16.3. The Bertz CT molecular complexity index is 1030. The van der Waals surface area contributed by atoms with Crippen LogP contribution < -0.4 is 5.32 Å². The summed E-state index contributed by atoms with van der Waals surface area (Å²) in [4.78, 5) is 18.2. The third-order valence-electron chi connectivity index (χ3n) is 8.07. The van der Waals surface area contributed by atoms with Crippen LogP contribution >= 0.6 is 0 Å². The quantitative estimate of drug-likeness (QED) is 0.433. The Morgan fingerprint density at radius 2 is 1.67 bits per heavy atom. The highest BCUT2D eigenvalue weighted by molar-refractivity contribution is 5.94. The van der Waals surface area contributed by atoms with Gasteiger partial charge >= 0.3 is 0 Å². The Morgan fingerprint density at radius 1 is 1.00 bits per heavy atom. The van der Waals surface area contributed by atoms with E-state index >= 15 is 0 Å². The summed E-state index contributed by atoms with van der Waals surface area (Å²) < 4.78 is 0. The molecule has 2 aliphatic rings. The molecular formula is C30H43N3O3.